The number of rotatable bonds is 2. The molecule has 0 fully saturated rings. The van der Waals surface area contributed by atoms with Gasteiger partial charge < -0.3 is 0 Å². The molecule has 0 aliphatic rings. The lowest BCUT2D eigenvalue weighted by molar-refractivity contribution is 0.602. The zero-order valence-electron chi connectivity index (χ0n) is 11.6. The molecule has 2 nitrogen and oxygen atoms in total. The molecule has 1 rings (SSSR count). The van der Waals surface area contributed by atoms with Gasteiger partial charge in [-0.1, -0.05) is 38.4 Å². The first-order valence-electron chi connectivity index (χ1n) is 5.72. The molecular weight excluding hydrogens is 268 g/mol. The van der Waals surface area contributed by atoms with Gasteiger partial charge in [-0.3, -0.25) is 0 Å². The molecule has 1 aromatic carbocycles. The lowest BCUT2D eigenvalue weighted by Gasteiger charge is -2.03. The summed E-state index contributed by atoms with van der Waals surface area (Å²) in [6, 6.07) is 4.83. The molecule has 0 N–H and O–H groups in total. The Bertz CT molecular complexity index is 485. The smallest absolute Gasteiger partial charge is 0.175 e. The molecule has 4 heteroatoms. The van der Waals surface area contributed by atoms with E-state index in [0.29, 0.717) is 5.02 Å². The summed E-state index contributed by atoms with van der Waals surface area (Å²) in [6.07, 6.45) is 6.58. The number of terminal acetylenes is 1. The van der Waals surface area contributed by atoms with Gasteiger partial charge in [0.25, 0.3) is 0 Å². The fourth-order valence-corrected chi connectivity index (χ4v) is 2.07. The van der Waals surface area contributed by atoms with Gasteiger partial charge in [-0.2, -0.15) is 0 Å². The number of benzene rings is 1. The first kappa shape index (κ1) is 19.4. The lowest BCUT2D eigenvalue weighted by Crippen LogP contribution is -1.97. The summed E-state index contributed by atoms with van der Waals surface area (Å²) in [4.78, 5) is 0.273. The fourth-order valence-electron chi connectivity index (χ4n) is 1.05. The summed E-state index contributed by atoms with van der Waals surface area (Å²) < 4.78 is 22.3. The molecule has 0 atom stereocenters. The second kappa shape index (κ2) is 9.99. The maximum absolute atomic E-state index is 11.1. The average Bonchev–Trinajstić information content (AvgIpc) is 2.31. The summed E-state index contributed by atoms with van der Waals surface area (Å²) in [5.41, 5.74) is 0.967. The van der Waals surface area contributed by atoms with E-state index in [4.69, 9.17) is 11.6 Å². The molecular formula is C14H21ClO2S. The Morgan fingerprint density at radius 3 is 2.06 bits per heavy atom. The van der Waals surface area contributed by atoms with Crippen LogP contribution in [0.2, 0.25) is 5.02 Å². The van der Waals surface area contributed by atoms with Crippen molar-refractivity contribution < 1.29 is 8.42 Å². The predicted molar refractivity (Wildman–Crippen MR) is 79.8 cm³/mol. The number of aryl methyl sites for hydroxylation is 1. The van der Waals surface area contributed by atoms with Gasteiger partial charge in [-0.25, -0.2) is 8.42 Å². The Morgan fingerprint density at radius 1 is 1.33 bits per heavy atom. The Hall–Kier alpha value is -0.980. The molecule has 0 heterocycles. The van der Waals surface area contributed by atoms with E-state index in [1.807, 2.05) is 20.8 Å². The van der Waals surface area contributed by atoms with Crippen molar-refractivity contribution in [1.29, 1.82) is 0 Å². The minimum atomic E-state index is -3.13. The van der Waals surface area contributed by atoms with Gasteiger partial charge in [0.05, 0.1) is 4.90 Å². The quantitative estimate of drug-likeness (QED) is 0.772. The second-order valence-electron chi connectivity index (χ2n) is 3.17. The topological polar surface area (TPSA) is 34.1 Å². The largest absolute Gasteiger partial charge is 0.224 e. The maximum Gasteiger partial charge on any atom is 0.175 e. The van der Waals surface area contributed by atoms with Crippen molar-refractivity contribution in [3.63, 3.8) is 0 Å². The number of hydrogen-bond acceptors (Lipinski definition) is 2. The van der Waals surface area contributed by atoms with Crippen molar-refractivity contribution in [3.05, 3.63) is 28.8 Å². The Labute approximate surface area is 116 Å². The third-order valence-electron chi connectivity index (χ3n) is 1.83. The van der Waals surface area contributed by atoms with Crippen LogP contribution >= 0.6 is 11.6 Å². The normalized spacial score (nSPS) is 9.17. The molecule has 0 saturated carbocycles. The minimum absolute atomic E-state index is 0.273. The number of sulfone groups is 1. The molecule has 102 valence electrons. The summed E-state index contributed by atoms with van der Waals surface area (Å²) in [6.45, 7) is 7.63. The van der Waals surface area contributed by atoms with E-state index in [-0.39, 0.29) is 4.90 Å². The maximum atomic E-state index is 11.1. The zero-order chi connectivity index (χ0) is 14.8. The molecule has 0 aliphatic carbocycles. The predicted octanol–water partition coefficient (Wildman–Crippen LogP) is 3.97. The average molecular weight is 289 g/mol. The second-order valence-corrected chi connectivity index (χ2v) is 5.59. The van der Waals surface area contributed by atoms with E-state index < -0.39 is 9.84 Å². The first-order valence-corrected chi connectivity index (χ1v) is 7.99. The van der Waals surface area contributed by atoms with E-state index in [1.54, 1.807) is 19.1 Å². The van der Waals surface area contributed by atoms with Crippen LogP contribution in [0.15, 0.2) is 23.1 Å². The van der Waals surface area contributed by atoms with Crippen LogP contribution in [-0.2, 0) is 16.3 Å². The van der Waals surface area contributed by atoms with E-state index in [1.165, 1.54) is 12.3 Å². The van der Waals surface area contributed by atoms with Crippen LogP contribution in [0.25, 0.3) is 0 Å². The molecule has 0 bridgehead atoms. The number of hydrogen-bond donors (Lipinski definition) is 0. The van der Waals surface area contributed by atoms with Crippen LogP contribution in [0.5, 0.6) is 0 Å². The summed E-state index contributed by atoms with van der Waals surface area (Å²) >= 11 is 5.87. The van der Waals surface area contributed by atoms with Crippen LogP contribution in [0.4, 0.5) is 0 Å². The van der Waals surface area contributed by atoms with Crippen molar-refractivity contribution in [1.82, 2.24) is 0 Å². The van der Waals surface area contributed by atoms with Crippen LogP contribution in [0.3, 0.4) is 0 Å². The van der Waals surface area contributed by atoms with E-state index in [9.17, 15) is 8.42 Å². The summed E-state index contributed by atoms with van der Waals surface area (Å²) in [7, 11) is -3.13. The Balaban J connectivity index is 0. The van der Waals surface area contributed by atoms with Crippen molar-refractivity contribution in [2.24, 2.45) is 0 Å². The third-order valence-corrected chi connectivity index (χ3v) is 3.30. The Morgan fingerprint density at radius 2 is 1.78 bits per heavy atom. The first-order chi connectivity index (χ1) is 8.36. The highest BCUT2D eigenvalue weighted by atomic mass is 35.5. The Kier molecular flexibility index (Phi) is 10.7. The fraction of sp³-hybridized carbons (Fsp3) is 0.429. The molecule has 0 aliphatic heterocycles. The molecule has 0 unspecified atom stereocenters. The SMILES string of the molecule is C#CC.CC.CCc1ccc(S(C)(=O)=O)cc1Cl. The van der Waals surface area contributed by atoms with Gasteiger partial charge in [0.1, 0.15) is 0 Å². The van der Waals surface area contributed by atoms with Crippen LogP contribution < -0.4 is 0 Å². The summed E-state index contributed by atoms with van der Waals surface area (Å²) in [5, 5.41) is 0.519. The molecule has 0 amide bonds. The molecule has 0 aromatic heterocycles. The van der Waals surface area contributed by atoms with Crippen LogP contribution in [0.1, 0.15) is 33.3 Å². The van der Waals surface area contributed by atoms with Crippen molar-refractivity contribution >= 4 is 21.4 Å². The molecule has 0 radical (unpaired) electrons. The monoisotopic (exact) mass is 288 g/mol. The molecule has 1 aromatic rings. The van der Waals surface area contributed by atoms with Gasteiger partial charge >= 0.3 is 0 Å². The highest BCUT2D eigenvalue weighted by Crippen LogP contribution is 2.20. The van der Waals surface area contributed by atoms with Crippen LogP contribution in [0, 0.1) is 12.3 Å². The standard InChI is InChI=1S/C9H11ClO2S.C3H4.C2H6/c1-3-7-4-5-8(6-9(7)10)13(2,11)12;1-3-2;1-2/h4-6H,3H2,1-2H3;1H,2H3;1-2H3. The van der Waals surface area contributed by atoms with Gasteiger partial charge in [0.2, 0.25) is 0 Å². The minimum Gasteiger partial charge on any atom is -0.224 e. The van der Waals surface area contributed by atoms with E-state index in [2.05, 4.69) is 12.3 Å². The zero-order valence-corrected chi connectivity index (χ0v) is 13.2. The van der Waals surface area contributed by atoms with Gasteiger partial charge in [-0.05, 0) is 31.0 Å². The number of halogens is 1. The van der Waals surface area contributed by atoms with Crippen molar-refractivity contribution in [3.8, 4) is 12.3 Å². The van der Waals surface area contributed by atoms with Gasteiger partial charge in [0, 0.05) is 11.3 Å². The van der Waals surface area contributed by atoms with Crippen molar-refractivity contribution in [2.75, 3.05) is 6.26 Å². The van der Waals surface area contributed by atoms with E-state index in [0.717, 1.165) is 12.0 Å². The lowest BCUT2D eigenvalue weighted by atomic mass is 10.2. The third kappa shape index (κ3) is 7.37. The molecule has 18 heavy (non-hydrogen) atoms. The van der Waals surface area contributed by atoms with Crippen molar-refractivity contribution in [2.45, 2.75) is 39.0 Å². The summed E-state index contributed by atoms with van der Waals surface area (Å²) in [5.74, 6) is 2.25. The van der Waals surface area contributed by atoms with E-state index >= 15 is 0 Å². The van der Waals surface area contributed by atoms with Gasteiger partial charge in [-0.15, -0.1) is 12.3 Å². The highest BCUT2D eigenvalue weighted by Gasteiger charge is 2.08. The molecule has 0 spiro atoms. The highest BCUT2D eigenvalue weighted by molar-refractivity contribution is 7.90. The molecule has 0 saturated heterocycles. The van der Waals surface area contributed by atoms with Gasteiger partial charge in [0.15, 0.2) is 9.84 Å². The van der Waals surface area contributed by atoms with Crippen LogP contribution in [-0.4, -0.2) is 14.7 Å².